The van der Waals surface area contributed by atoms with Crippen molar-refractivity contribution in [3.63, 3.8) is 0 Å². The Morgan fingerprint density at radius 3 is 0.908 bits per heavy atom. The van der Waals surface area contributed by atoms with E-state index in [9.17, 15) is 37.4 Å². The highest BCUT2D eigenvalue weighted by Crippen LogP contribution is 2.30. The molecule has 2 aliphatic heterocycles. The lowest BCUT2D eigenvalue weighted by atomic mass is 9.96. The summed E-state index contributed by atoms with van der Waals surface area (Å²) < 4.78 is 52.7. The van der Waals surface area contributed by atoms with E-state index in [0.29, 0.717) is 24.0 Å². The van der Waals surface area contributed by atoms with Crippen LogP contribution in [0.2, 0.25) is 0 Å². The van der Waals surface area contributed by atoms with Gasteiger partial charge in [-0.25, -0.2) is 17.6 Å². The Morgan fingerprint density at radius 1 is 0.368 bits per heavy atom. The van der Waals surface area contributed by atoms with Gasteiger partial charge in [-0.2, -0.15) is 0 Å². The first-order chi connectivity index (χ1) is 37.0. The van der Waals surface area contributed by atoms with Crippen LogP contribution in [-0.4, -0.2) is 74.1 Å². The number of nitrogens with two attached hydrogens (primary N) is 2. The van der Waals surface area contributed by atoms with Gasteiger partial charge in [0.25, 0.3) is 0 Å². The number of piperazine rings is 2. The van der Waals surface area contributed by atoms with Gasteiger partial charge in [0.05, 0.1) is 50.2 Å². The summed E-state index contributed by atoms with van der Waals surface area (Å²) in [6.45, 7) is 8.10. The van der Waals surface area contributed by atoms with E-state index < -0.39 is 11.9 Å². The number of quaternary nitrogens is 2. The first-order valence-electron chi connectivity index (χ1n) is 25.8. The Morgan fingerprint density at radius 2 is 0.632 bits per heavy atom. The molecule has 0 aliphatic carbocycles. The Kier molecular flexibility index (Phi) is 21.6. The van der Waals surface area contributed by atoms with Crippen molar-refractivity contribution in [2.75, 3.05) is 52.4 Å². The van der Waals surface area contributed by atoms with Gasteiger partial charge in [-0.1, -0.05) is 158 Å². The number of hydrogen-bond acceptors (Lipinski definition) is 6. The van der Waals surface area contributed by atoms with Gasteiger partial charge in [0.2, 0.25) is 0 Å². The highest BCUT2D eigenvalue weighted by Gasteiger charge is 2.26. The van der Waals surface area contributed by atoms with Crippen molar-refractivity contribution in [2.45, 2.75) is 37.8 Å². The number of benzene rings is 8. The first kappa shape index (κ1) is 56.0. The Labute approximate surface area is 443 Å². The predicted octanol–water partition coefficient (Wildman–Crippen LogP) is 7.54. The summed E-state index contributed by atoms with van der Waals surface area (Å²) in [5.74, 6) is -3.14. The minimum atomic E-state index is -1.10. The number of carboxylic acids is 2. The summed E-state index contributed by atoms with van der Waals surface area (Å²) in [4.78, 5) is 26.6. The smallest absolute Gasteiger partial charge is 0.123 e. The molecule has 0 bridgehead atoms. The number of halogens is 4. The molecule has 0 spiro atoms. The molecule has 0 saturated carbocycles. The number of aromatic carboxylic acids is 2. The molecule has 12 heteroatoms. The van der Waals surface area contributed by atoms with Crippen LogP contribution >= 0.6 is 0 Å². The lowest BCUT2D eigenvalue weighted by molar-refractivity contribution is -0.663. The van der Waals surface area contributed by atoms with Crippen LogP contribution < -0.4 is 20.8 Å². The topological polar surface area (TPSA) is 120 Å². The molecule has 2 fully saturated rings. The highest BCUT2D eigenvalue weighted by atomic mass is 19.1. The van der Waals surface area contributed by atoms with Crippen LogP contribution in [0.5, 0.6) is 0 Å². The van der Waals surface area contributed by atoms with Gasteiger partial charge in [0, 0.05) is 37.3 Å². The van der Waals surface area contributed by atoms with Gasteiger partial charge in [-0.15, -0.1) is 0 Å². The molecule has 392 valence electrons. The SMILES string of the molecule is Fc1ccc(C(c2ccc(F)cc2)N2CC[NH2+]CC2)cc1.Fc1ccc(C(c2ccc(F)cc2)N2CC[NH2+]CC2)cc1.O=C([O-])c1ccccc1CCc1ccccc1.O=C([O-])c1ccccc1CCc1ccccc1. The third kappa shape index (κ3) is 17.2. The normalized spacial score (nSPS) is 13.6. The number of rotatable bonds is 14. The molecule has 2 saturated heterocycles. The van der Waals surface area contributed by atoms with E-state index in [2.05, 4.69) is 20.4 Å². The number of carbonyl (C=O) groups excluding carboxylic acids is 2. The molecule has 0 amide bonds. The van der Waals surface area contributed by atoms with Crippen LogP contribution in [0.25, 0.3) is 0 Å². The van der Waals surface area contributed by atoms with Crippen LogP contribution in [0, 0.1) is 23.3 Å². The molecule has 2 heterocycles. The second-order valence-electron chi connectivity index (χ2n) is 18.7. The summed E-state index contributed by atoms with van der Waals surface area (Å²) >= 11 is 0. The molecule has 8 aromatic rings. The van der Waals surface area contributed by atoms with Crippen LogP contribution in [0.15, 0.2) is 206 Å². The highest BCUT2D eigenvalue weighted by molar-refractivity contribution is 5.88. The molecule has 0 aromatic heterocycles. The van der Waals surface area contributed by atoms with Crippen molar-refractivity contribution >= 4 is 11.9 Å². The van der Waals surface area contributed by atoms with Crippen molar-refractivity contribution in [2.24, 2.45) is 0 Å². The van der Waals surface area contributed by atoms with Crippen LogP contribution in [0.3, 0.4) is 0 Å². The maximum absolute atomic E-state index is 13.2. The van der Waals surface area contributed by atoms with E-state index in [-0.39, 0.29) is 35.4 Å². The third-order valence-electron chi connectivity index (χ3n) is 13.5. The van der Waals surface area contributed by atoms with E-state index in [1.807, 2.05) is 133 Å². The lowest BCUT2D eigenvalue weighted by Crippen LogP contribution is -2.89. The summed E-state index contributed by atoms with van der Waals surface area (Å²) in [7, 11) is 0. The molecule has 2 aliphatic rings. The molecule has 76 heavy (non-hydrogen) atoms. The maximum Gasteiger partial charge on any atom is 0.123 e. The van der Waals surface area contributed by atoms with Gasteiger partial charge in [-0.05, 0) is 119 Å². The second kappa shape index (κ2) is 29.4. The molecule has 8 nitrogen and oxygen atoms in total. The molecule has 0 radical (unpaired) electrons. The van der Waals surface area contributed by atoms with Crippen molar-refractivity contribution in [3.8, 4) is 0 Å². The minimum absolute atomic E-state index is 0.0555. The van der Waals surface area contributed by atoms with E-state index in [0.717, 1.165) is 98.6 Å². The maximum atomic E-state index is 13.2. The molecular weight excluding hydrogens is 965 g/mol. The number of nitrogens with zero attached hydrogens (tertiary/aromatic N) is 2. The summed E-state index contributed by atoms with van der Waals surface area (Å²) in [6, 6.07) is 60.7. The number of aryl methyl sites for hydroxylation is 4. The van der Waals surface area contributed by atoms with E-state index in [4.69, 9.17) is 0 Å². The van der Waals surface area contributed by atoms with Gasteiger partial charge >= 0.3 is 0 Å². The Hall–Kier alpha value is -7.74. The fourth-order valence-electron chi connectivity index (χ4n) is 9.59. The molecule has 4 N–H and O–H groups in total. The largest absolute Gasteiger partial charge is 0.545 e. The van der Waals surface area contributed by atoms with Crippen LogP contribution in [0.1, 0.15) is 77.3 Å². The Bertz CT molecular complexity index is 2690. The zero-order valence-corrected chi connectivity index (χ0v) is 42.5. The zero-order chi connectivity index (χ0) is 53.5. The zero-order valence-electron chi connectivity index (χ0n) is 42.5. The summed E-state index contributed by atoms with van der Waals surface area (Å²) in [5, 5.41) is 26.4. The standard InChI is InChI=1S/2C17H18F2N2.2C15H14O2/c2*18-15-5-1-13(2-6-15)17(21-11-9-20-10-12-21)14-3-7-16(19)8-4-14;2*16-15(17)14-9-5-4-8-13(14)11-10-12-6-2-1-3-7-12/h2*1-8,17,20H,9-12H2;2*1-9H,10-11H2,(H,16,17). The van der Waals surface area contributed by atoms with Gasteiger partial charge in [0.15, 0.2) is 0 Å². The third-order valence-corrected chi connectivity index (χ3v) is 13.5. The quantitative estimate of drug-likeness (QED) is 0.109. The fraction of sp³-hybridized carbons (Fsp3) is 0.219. The fourth-order valence-corrected chi connectivity index (χ4v) is 9.59. The number of hydrogen-bond donors (Lipinski definition) is 2. The van der Waals surface area contributed by atoms with Crippen LogP contribution in [-0.2, 0) is 25.7 Å². The van der Waals surface area contributed by atoms with Gasteiger partial charge in [0.1, 0.15) is 23.3 Å². The van der Waals surface area contributed by atoms with Gasteiger partial charge in [-0.3, -0.25) is 9.80 Å². The van der Waals surface area contributed by atoms with Crippen molar-refractivity contribution in [1.29, 1.82) is 0 Å². The van der Waals surface area contributed by atoms with Crippen LogP contribution in [0.4, 0.5) is 17.6 Å². The van der Waals surface area contributed by atoms with E-state index in [1.54, 1.807) is 24.3 Å². The monoisotopic (exact) mass is 1030 g/mol. The lowest BCUT2D eigenvalue weighted by Gasteiger charge is -2.34. The van der Waals surface area contributed by atoms with E-state index in [1.165, 1.54) is 59.7 Å². The summed E-state index contributed by atoms with van der Waals surface area (Å²) in [6.07, 6.45) is 3.11. The molecule has 0 unspecified atom stereocenters. The van der Waals surface area contributed by atoms with Crippen molar-refractivity contribution < 1.29 is 48.0 Å². The average molecular weight is 1030 g/mol. The molecule has 10 rings (SSSR count). The Balaban J connectivity index is 0.000000148. The number of carbonyl (C=O) groups is 2. The predicted molar refractivity (Wildman–Crippen MR) is 285 cm³/mol. The second-order valence-corrected chi connectivity index (χ2v) is 18.7. The molecule has 8 aromatic carbocycles. The summed E-state index contributed by atoms with van der Waals surface area (Å²) in [5.41, 5.74) is 8.85. The number of carboxylic acid groups (broad SMARTS) is 2. The average Bonchev–Trinajstić information content (AvgIpc) is 3.46. The molecule has 0 atom stereocenters. The minimum Gasteiger partial charge on any atom is -0.545 e. The molecular formula is C64H64F4N4O4. The van der Waals surface area contributed by atoms with Crippen molar-refractivity contribution in [3.05, 3.63) is 285 Å². The van der Waals surface area contributed by atoms with Crippen molar-refractivity contribution in [1.82, 2.24) is 9.80 Å². The first-order valence-corrected chi connectivity index (χ1v) is 25.8. The van der Waals surface area contributed by atoms with E-state index >= 15 is 0 Å². The van der Waals surface area contributed by atoms with Gasteiger partial charge < -0.3 is 30.4 Å².